The first-order valence-electron chi connectivity index (χ1n) is 6.35. The minimum Gasteiger partial charge on any atom is -0.497 e. The first-order chi connectivity index (χ1) is 10.3. The van der Waals surface area contributed by atoms with Gasteiger partial charge in [0.05, 0.1) is 30.6 Å². The summed E-state index contributed by atoms with van der Waals surface area (Å²) in [5.74, 6) is -0.179. The van der Waals surface area contributed by atoms with Crippen molar-refractivity contribution in [2.45, 2.75) is 0 Å². The topological polar surface area (TPSA) is 69.2 Å². The van der Waals surface area contributed by atoms with Crippen LogP contribution in [0.5, 0.6) is 5.75 Å². The molecular formula is C17H13N3O. The lowest BCUT2D eigenvalue weighted by Crippen LogP contribution is -2.12. The van der Waals surface area contributed by atoms with Crippen LogP contribution < -0.4 is 4.74 Å². The lowest BCUT2D eigenvalue weighted by Gasteiger charge is -2.07. The van der Waals surface area contributed by atoms with Crippen LogP contribution in [0.3, 0.4) is 0 Å². The second-order valence-electron chi connectivity index (χ2n) is 4.25. The summed E-state index contributed by atoms with van der Waals surface area (Å²) in [5, 5.41) is 18.3. The van der Waals surface area contributed by atoms with Gasteiger partial charge in [0.1, 0.15) is 5.75 Å². The summed E-state index contributed by atoms with van der Waals surface area (Å²) in [5.41, 5.74) is 1.89. The third kappa shape index (κ3) is 3.46. The molecule has 4 nitrogen and oxygen atoms in total. The van der Waals surface area contributed by atoms with Gasteiger partial charge in [0.2, 0.25) is 0 Å². The van der Waals surface area contributed by atoms with Crippen LogP contribution in [0.2, 0.25) is 0 Å². The monoisotopic (exact) mass is 275 g/mol. The van der Waals surface area contributed by atoms with Gasteiger partial charge in [-0.1, -0.05) is 30.3 Å². The largest absolute Gasteiger partial charge is 0.497 e. The molecule has 0 N–H and O–H groups in total. The first-order valence-corrected chi connectivity index (χ1v) is 6.35. The fourth-order valence-electron chi connectivity index (χ4n) is 1.85. The lowest BCUT2D eigenvalue weighted by molar-refractivity contribution is 0.415. The van der Waals surface area contributed by atoms with E-state index in [1.165, 1.54) is 0 Å². The fourth-order valence-corrected chi connectivity index (χ4v) is 1.85. The Bertz CT molecular complexity index is 692. The third-order valence-corrected chi connectivity index (χ3v) is 2.92. The zero-order valence-electron chi connectivity index (χ0n) is 11.5. The number of nitrogens with zero attached hydrogens (tertiary/aromatic N) is 3. The predicted octanol–water partition coefficient (Wildman–Crippen LogP) is 3.48. The minimum atomic E-state index is -0.908. The zero-order valence-corrected chi connectivity index (χ0v) is 11.5. The number of ether oxygens (including phenoxy) is 1. The minimum absolute atomic E-state index is 0.450. The molecule has 102 valence electrons. The Labute approximate surface area is 123 Å². The molecular weight excluding hydrogens is 262 g/mol. The molecule has 0 unspecified atom stereocenters. The average molecular weight is 275 g/mol. The van der Waals surface area contributed by atoms with Crippen molar-refractivity contribution in [3.05, 3.63) is 60.2 Å². The molecule has 0 heterocycles. The van der Waals surface area contributed by atoms with Gasteiger partial charge in [-0.3, -0.25) is 4.99 Å². The fraction of sp³-hybridized carbons (Fsp3) is 0.118. The summed E-state index contributed by atoms with van der Waals surface area (Å²) >= 11 is 0. The molecule has 0 aliphatic heterocycles. The van der Waals surface area contributed by atoms with Gasteiger partial charge < -0.3 is 4.74 Å². The molecule has 0 fully saturated rings. The third-order valence-electron chi connectivity index (χ3n) is 2.92. The highest BCUT2D eigenvalue weighted by molar-refractivity contribution is 6.06. The summed E-state index contributed by atoms with van der Waals surface area (Å²) in [6.45, 7) is 0. The quantitative estimate of drug-likeness (QED) is 0.802. The van der Waals surface area contributed by atoms with Crippen LogP contribution in [-0.4, -0.2) is 12.8 Å². The molecule has 2 aromatic rings. The summed E-state index contributed by atoms with van der Waals surface area (Å²) in [4.78, 5) is 4.46. The summed E-state index contributed by atoms with van der Waals surface area (Å²) in [7, 11) is 1.59. The van der Waals surface area contributed by atoms with Gasteiger partial charge in [-0.25, -0.2) is 0 Å². The van der Waals surface area contributed by atoms with Gasteiger partial charge in [-0.05, 0) is 29.8 Å². The molecule has 0 aromatic heterocycles. The molecule has 0 aliphatic carbocycles. The smallest absolute Gasteiger partial charge is 0.175 e. The highest BCUT2D eigenvalue weighted by Crippen LogP contribution is 2.21. The molecule has 0 saturated heterocycles. The van der Waals surface area contributed by atoms with Crippen LogP contribution in [0.1, 0.15) is 5.56 Å². The average Bonchev–Trinajstić information content (AvgIpc) is 2.56. The molecule has 0 saturated carbocycles. The van der Waals surface area contributed by atoms with Crippen molar-refractivity contribution in [1.82, 2.24) is 0 Å². The Morgan fingerprint density at radius 3 is 2.14 bits per heavy atom. The van der Waals surface area contributed by atoms with Crippen molar-refractivity contribution in [2.24, 2.45) is 10.9 Å². The van der Waals surface area contributed by atoms with Crippen LogP contribution in [0.15, 0.2) is 59.6 Å². The molecule has 2 rings (SSSR count). The Morgan fingerprint density at radius 1 is 1.00 bits per heavy atom. The van der Waals surface area contributed by atoms with Crippen molar-refractivity contribution in [3.63, 3.8) is 0 Å². The first kappa shape index (κ1) is 14.3. The second-order valence-corrected chi connectivity index (χ2v) is 4.25. The highest BCUT2D eigenvalue weighted by Gasteiger charge is 2.16. The Hall–Kier alpha value is -3.11. The van der Waals surface area contributed by atoms with E-state index in [1.54, 1.807) is 31.4 Å². The molecule has 0 radical (unpaired) electrons. The van der Waals surface area contributed by atoms with Gasteiger partial charge >= 0.3 is 0 Å². The van der Waals surface area contributed by atoms with Gasteiger partial charge in [0.15, 0.2) is 5.92 Å². The zero-order chi connectivity index (χ0) is 15.1. The Balaban J connectivity index is 2.46. The molecule has 0 aliphatic rings. The highest BCUT2D eigenvalue weighted by atomic mass is 16.5. The maximum Gasteiger partial charge on any atom is 0.175 e. The molecule has 21 heavy (non-hydrogen) atoms. The molecule has 0 bridgehead atoms. The van der Waals surface area contributed by atoms with E-state index in [1.807, 2.05) is 42.5 Å². The van der Waals surface area contributed by atoms with Crippen LogP contribution in [0.25, 0.3) is 0 Å². The number of rotatable bonds is 4. The van der Waals surface area contributed by atoms with Crippen molar-refractivity contribution < 1.29 is 4.74 Å². The van der Waals surface area contributed by atoms with Gasteiger partial charge in [-0.15, -0.1) is 0 Å². The molecule has 0 atom stereocenters. The number of benzene rings is 2. The van der Waals surface area contributed by atoms with Gasteiger partial charge in [-0.2, -0.15) is 10.5 Å². The Morgan fingerprint density at radius 2 is 1.62 bits per heavy atom. The normalized spacial score (nSPS) is 10.8. The van der Waals surface area contributed by atoms with Crippen molar-refractivity contribution >= 4 is 11.4 Å². The van der Waals surface area contributed by atoms with Crippen molar-refractivity contribution in [3.8, 4) is 17.9 Å². The SMILES string of the molecule is COc1ccc(N=C(c2ccccc2)C(C#N)C#N)cc1. The molecule has 4 heteroatoms. The van der Waals surface area contributed by atoms with Crippen molar-refractivity contribution in [2.75, 3.05) is 7.11 Å². The maximum atomic E-state index is 9.14. The standard InChI is InChI=1S/C17H13N3O/c1-21-16-9-7-15(8-10-16)20-17(14(11-18)12-19)13-5-3-2-4-6-13/h2-10,14H,1H3. The molecule has 0 amide bonds. The Kier molecular flexibility index (Phi) is 4.69. The number of methoxy groups -OCH3 is 1. The van der Waals surface area contributed by atoms with Crippen LogP contribution in [0, 0.1) is 28.6 Å². The number of hydrogen-bond acceptors (Lipinski definition) is 4. The number of nitriles is 2. The van der Waals surface area contributed by atoms with E-state index in [2.05, 4.69) is 4.99 Å². The van der Waals surface area contributed by atoms with E-state index in [4.69, 9.17) is 15.3 Å². The molecule has 0 spiro atoms. The summed E-state index contributed by atoms with van der Waals surface area (Å²) in [6.07, 6.45) is 0. The predicted molar refractivity (Wildman–Crippen MR) is 80.3 cm³/mol. The van der Waals surface area contributed by atoms with E-state index in [0.717, 1.165) is 11.3 Å². The van der Waals surface area contributed by atoms with E-state index in [9.17, 15) is 0 Å². The summed E-state index contributed by atoms with van der Waals surface area (Å²) in [6, 6.07) is 20.4. The van der Waals surface area contributed by atoms with E-state index in [-0.39, 0.29) is 0 Å². The van der Waals surface area contributed by atoms with E-state index < -0.39 is 5.92 Å². The van der Waals surface area contributed by atoms with Gasteiger partial charge in [0, 0.05) is 0 Å². The summed E-state index contributed by atoms with van der Waals surface area (Å²) < 4.78 is 5.10. The lowest BCUT2D eigenvalue weighted by atomic mass is 9.99. The van der Waals surface area contributed by atoms with E-state index in [0.29, 0.717) is 11.4 Å². The van der Waals surface area contributed by atoms with Crippen LogP contribution in [-0.2, 0) is 0 Å². The van der Waals surface area contributed by atoms with Crippen molar-refractivity contribution in [1.29, 1.82) is 10.5 Å². The van der Waals surface area contributed by atoms with Crippen LogP contribution in [0.4, 0.5) is 5.69 Å². The van der Waals surface area contributed by atoms with Gasteiger partial charge in [0.25, 0.3) is 0 Å². The van der Waals surface area contributed by atoms with E-state index >= 15 is 0 Å². The number of aliphatic imine (C=N–C) groups is 1. The maximum absolute atomic E-state index is 9.14. The molecule has 2 aromatic carbocycles. The second kappa shape index (κ2) is 6.88. The number of hydrogen-bond donors (Lipinski definition) is 0. The van der Waals surface area contributed by atoms with Crippen LogP contribution >= 0.6 is 0 Å².